The van der Waals surface area contributed by atoms with E-state index in [9.17, 15) is 9.90 Å². The van der Waals surface area contributed by atoms with Crippen molar-refractivity contribution in [2.45, 2.75) is 72.6 Å². The zero-order chi connectivity index (χ0) is 28.3. The normalized spacial score (nSPS) is 22.7. The van der Waals surface area contributed by atoms with Gasteiger partial charge in [-0.25, -0.2) is 0 Å². The Bertz CT molecular complexity index is 1620. The molecule has 1 radical (unpaired) electrons. The maximum absolute atomic E-state index is 12.2. The first-order valence-electron chi connectivity index (χ1n) is 15.4. The minimum atomic E-state index is 0. The van der Waals surface area contributed by atoms with Crippen molar-refractivity contribution in [3.05, 3.63) is 89.7 Å². The Morgan fingerprint density at radius 2 is 1.49 bits per heavy atom. The minimum absolute atomic E-state index is 0. The first kappa shape index (κ1) is 32.8. The summed E-state index contributed by atoms with van der Waals surface area (Å²) in [5.41, 5.74) is 5.62. The van der Waals surface area contributed by atoms with Crippen molar-refractivity contribution in [3.63, 3.8) is 0 Å². The largest absolute Gasteiger partial charge is 0.512 e. The number of allylic oxidation sites excluding steroid dienone is 2. The second kappa shape index (κ2) is 14.6. The third kappa shape index (κ3) is 7.36. The molecular weight excluding hydrogens is 707 g/mol. The maximum atomic E-state index is 12.2. The van der Waals surface area contributed by atoms with Crippen molar-refractivity contribution >= 4 is 39.6 Å². The third-order valence-electron chi connectivity index (χ3n) is 9.46. The van der Waals surface area contributed by atoms with Crippen LogP contribution in [0.25, 0.3) is 45.1 Å². The molecule has 1 heterocycles. The van der Waals surface area contributed by atoms with Gasteiger partial charge in [-0.3, -0.25) is 9.78 Å². The molecule has 0 unspecified atom stereocenters. The number of rotatable bonds is 4. The molecule has 7 rings (SSSR count). The monoisotopic (exact) mass is 751 g/mol. The summed E-state index contributed by atoms with van der Waals surface area (Å²) in [4.78, 5) is 17.1. The molecule has 227 valence electrons. The van der Waals surface area contributed by atoms with Gasteiger partial charge in [0, 0.05) is 43.4 Å². The molecule has 1 N–H and O–H groups in total. The van der Waals surface area contributed by atoms with Gasteiger partial charge in [-0.2, -0.15) is 0 Å². The minimum Gasteiger partial charge on any atom is -0.512 e. The Morgan fingerprint density at radius 3 is 2.21 bits per heavy atom. The number of carbonyl (C=O) groups is 1. The van der Waals surface area contributed by atoms with E-state index in [4.69, 9.17) is 4.98 Å². The molecule has 43 heavy (non-hydrogen) atoms. The zero-order valence-corrected chi connectivity index (χ0v) is 27.0. The van der Waals surface area contributed by atoms with E-state index in [-0.39, 0.29) is 45.2 Å². The number of pyridine rings is 1. The van der Waals surface area contributed by atoms with Crippen LogP contribution >= 0.6 is 0 Å². The number of aromatic nitrogens is 1. The van der Waals surface area contributed by atoms with Gasteiger partial charge in [0.1, 0.15) is 0 Å². The molecule has 0 aliphatic heterocycles. The first-order chi connectivity index (χ1) is 20.0. The number of carbonyl (C=O) groups excluding carboxylic acids is 1. The molecule has 2 fully saturated rings. The number of fused-ring (bicyclic) bond motifs is 1. The van der Waals surface area contributed by atoms with E-state index in [1.165, 1.54) is 40.1 Å². The van der Waals surface area contributed by atoms with Crippen LogP contribution in [0.2, 0.25) is 0 Å². The molecule has 0 bridgehead atoms. The van der Waals surface area contributed by atoms with E-state index in [0.717, 1.165) is 67.1 Å². The molecule has 0 saturated heterocycles. The number of aliphatic hydroxyl groups is 1. The van der Waals surface area contributed by atoms with Crippen molar-refractivity contribution in [1.82, 2.24) is 4.98 Å². The van der Waals surface area contributed by atoms with E-state index < -0.39 is 0 Å². The summed E-state index contributed by atoms with van der Waals surface area (Å²) in [5, 5.41) is 13.8. The van der Waals surface area contributed by atoms with Crippen LogP contribution in [0.1, 0.15) is 83.8 Å². The second-order valence-electron chi connectivity index (χ2n) is 12.5. The fourth-order valence-electron chi connectivity index (χ4n) is 6.78. The standard InChI is InChI=1S/C21H12N.C17H28O2.CH4.Ir/c1-2-8-17-14(5-1)6-3-9-18(17)20-13-16-12-11-15-7-4-10-19(22-20)21(15)16;1-12-3-7-14(8-4-12)16(18)11-17(19)15-9-5-13(2)6-10-15;;/h1-8,10-13H;11-15,18H,3-10H2,1-2H3;1H4;/q-1;;;. The molecule has 0 atom stereocenters. The number of nitrogens with zero attached hydrogens (tertiary/aromatic N) is 1. The average molecular weight is 751 g/mol. The fraction of sp³-hybridized carbons (Fsp3) is 0.385. The Morgan fingerprint density at radius 1 is 0.837 bits per heavy atom. The van der Waals surface area contributed by atoms with Crippen molar-refractivity contribution in [3.8, 4) is 11.3 Å². The van der Waals surface area contributed by atoms with Crippen molar-refractivity contribution in [1.29, 1.82) is 0 Å². The number of benzene rings is 3. The van der Waals surface area contributed by atoms with Gasteiger partial charge >= 0.3 is 0 Å². The quantitative estimate of drug-likeness (QED) is 0.113. The van der Waals surface area contributed by atoms with Gasteiger partial charge in [-0.1, -0.05) is 107 Å². The van der Waals surface area contributed by atoms with Gasteiger partial charge in [-0.05, 0) is 60.4 Å². The molecule has 0 spiro atoms. The number of hydrogen-bond acceptors (Lipinski definition) is 3. The zero-order valence-electron chi connectivity index (χ0n) is 24.6. The van der Waals surface area contributed by atoms with Gasteiger partial charge in [0.15, 0.2) is 5.78 Å². The molecule has 4 aromatic rings. The average Bonchev–Trinajstić information content (AvgIpc) is 3.42. The predicted molar refractivity (Wildman–Crippen MR) is 177 cm³/mol. The molecule has 2 saturated carbocycles. The van der Waals surface area contributed by atoms with Gasteiger partial charge in [0.2, 0.25) is 0 Å². The van der Waals surface area contributed by atoms with Gasteiger partial charge in [-0.15, -0.1) is 29.1 Å². The summed E-state index contributed by atoms with van der Waals surface area (Å²) >= 11 is 0. The summed E-state index contributed by atoms with van der Waals surface area (Å²) in [6, 6.07) is 24.3. The number of aliphatic hydroxyl groups excluding tert-OH is 1. The fourth-order valence-corrected chi connectivity index (χ4v) is 6.78. The third-order valence-corrected chi connectivity index (χ3v) is 9.46. The smallest absolute Gasteiger partial charge is 0.162 e. The molecule has 1 aromatic heterocycles. The summed E-state index contributed by atoms with van der Waals surface area (Å²) in [6.07, 6.45) is 14.7. The summed E-state index contributed by atoms with van der Waals surface area (Å²) in [7, 11) is 0. The second-order valence-corrected chi connectivity index (χ2v) is 12.5. The molecule has 3 aromatic carbocycles. The van der Waals surface area contributed by atoms with Crippen molar-refractivity contribution in [2.24, 2.45) is 23.7 Å². The van der Waals surface area contributed by atoms with Gasteiger partial charge < -0.3 is 5.11 Å². The maximum Gasteiger partial charge on any atom is 0.162 e. The Balaban J connectivity index is 0.000000191. The van der Waals surface area contributed by atoms with Crippen LogP contribution in [0, 0.1) is 29.7 Å². The van der Waals surface area contributed by atoms with E-state index in [1.807, 2.05) is 6.07 Å². The van der Waals surface area contributed by atoms with Crippen LogP contribution in [0.4, 0.5) is 0 Å². The molecule has 3 nitrogen and oxygen atoms in total. The molecular formula is C39H44IrNO2-. The summed E-state index contributed by atoms with van der Waals surface area (Å²) in [5.74, 6) is 2.48. The van der Waals surface area contributed by atoms with Crippen LogP contribution in [0.5, 0.6) is 0 Å². The SMILES string of the molecule is C.CC1CCC(C(=O)C=C(O)C2CCC(C)CC2)CC1.[Ir].[c-]1ccc2ccccc2c1-c1cc2c3c(cccc3n1)C=C2. The van der Waals surface area contributed by atoms with Crippen LogP contribution < -0.4 is 0 Å². The van der Waals surface area contributed by atoms with E-state index in [2.05, 4.69) is 86.7 Å². The van der Waals surface area contributed by atoms with Crippen molar-refractivity contribution < 1.29 is 30.0 Å². The van der Waals surface area contributed by atoms with E-state index >= 15 is 0 Å². The predicted octanol–water partition coefficient (Wildman–Crippen LogP) is 10.6. The Hall–Kier alpha value is -3.07. The van der Waals surface area contributed by atoms with Crippen LogP contribution in [-0.4, -0.2) is 15.9 Å². The molecule has 3 aliphatic rings. The Labute approximate surface area is 270 Å². The Kier molecular flexibility index (Phi) is 11.2. The topological polar surface area (TPSA) is 50.2 Å². The summed E-state index contributed by atoms with van der Waals surface area (Å²) < 4.78 is 0. The van der Waals surface area contributed by atoms with Crippen LogP contribution in [-0.2, 0) is 24.9 Å². The van der Waals surface area contributed by atoms with Crippen LogP contribution in [0.15, 0.2) is 72.5 Å². The molecule has 3 aliphatic carbocycles. The van der Waals surface area contributed by atoms with Gasteiger partial charge in [0.25, 0.3) is 0 Å². The molecule has 4 heteroatoms. The van der Waals surface area contributed by atoms with E-state index in [1.54, 1.807) is 6.08 Å². The first-order valence-corrected chi connectivity index (χ1v) is 15.4. The van der Waals surface area contributed by atoms with Crippen molar-refractivity contribution in [2.75, 3.05) is 0 Å². The number of hydrogen-bond donors (Lipinski definition) is 1. The molecule has 0 amide bonds. The number of ketones is 1. The van der Waals surface area contributed by atoms with E-state index in [0.29, 0.717) is 5.76 Å². The van der Waals surface area contributed by atoms with Crippen LogP contribution in [0.3, 0.4) is 0 Å². The summed E-state index contributed by atoms with van der Waals surface area (Å²) in [6.45, 7) is 4.53. The van der Waals surface area contributed by atoms with Gasteiger partial charge in [0.05, 0.1) is 11.3 Å².